The van der Waals surface area contributed by atoms with E-state index in [9.17, 15) is 4.80 Å². The summed E-state index contributed by atoms with van der Waals surface area (Å²) >= 11 is 0.755. The standard InChI is InChI=1S/C6H15OSi.2C4H9.Al/c1-4-8(7,5-2)6-3;2*1-4(2)3;/h4-6H2,1-3H3;2*4H,1H2,2-3H3;/q-1;;;+1. The fourth-order valence-corrected chi connectivity index (χ4v) is 4.54. The Hall–Kier alpha value is 0.709. The van der Waals surface area contributed by atoms with Gasteiger partial charge >= 0.3 is 65.3 Å². The molecule has 0 spiro atoms. The molecule has 1 nitrogen and oxygen atoms in total. The summed E-state index contributed by atoms with van der Waals surface area (Å²) in [5.41, 5.74) is 0. The summed E-state index contributed by atoms with van der Waals surface area (Å²) in [7, 11) is -1.92. The summed E-state index contributed by atoms with van der Waals surface area (Å²) in [6.07, 6.45) is 0. The van der Waals surface area contributed by atoms with E-state index in [1.165, 1.54) is 10.6 Å². The molecule has 0 aromatic heterocycles. The summed E-state index contributed by atoms with van der Waals surface area (Å²) in [5, 5.41) is 2.97. The van der Waals surface area contributed by atoms with Gasteiger partial charge in [-0.25, -0.2) is 0 Å². The molecule has 0 aliphatic rings. The third-order valence-electron chi connectivity index (χ3n) is 3.21. The first-order valence-electron chi connectivity index (χ1n) is 7.33. The van der Waals surface area contributed by atoms with E-state index in [1.54, 1.807) is 0 Å². The van der Waals surface area contributed by atoms with Crippen LogP contribution in [0.1, 0.15) is 48.5 Å². The van der Waals surface area contributed by atoms with Gasteiger partial charge in [0.2, 0.25) is 0 Å². The molecule has 102 valence electrons. The maximum atomic E-state index is 11.3. The van der Waals surface area contributed by atoms with Crippen molar-refractivity contribution in [2.75, 3.05) is 0 Å². The third-order valence-corrected chi connectivity index (χ3v) is 9.63. The van der Waals surface area contributed by atoms with Crippen LogP contribution in [0.5, 0.6) is 0 Å². The quantitative estimate of drug-likeness (QED) is 0.637. The maximum absolute atomic E-state index is 11.3. The first kappa shape index (κ1) is 20.0. The summed E-state index contributed by atoms with van der Waals surface area (Å²) in [6.45, 7) is 15.3. The van der Waals surface area contributed by atoms with Gasteiger partial charge in [0.15, 0.2) is 0 Å². The second-order valence-electron chi connectivity index (χ2n) is 5.79. The van der Waals surface area contributed by atoms with Crippen molar-refractivity contribution in [1.29, 1.82) is 0 Å². The van der Waals surface area contributed by atoms with Gasteiger partial charge in [-0.1, -0.05) is 38.9 Å². The second kappa shape index (κ2) is 11.8. The summed E-state index contributed by atoms with van der Waals surface area (Å²) in [6, 6.07) is 2.71. The molecule has 0 fully saturated rings. The van der Waals surface area contributed by atoms with Gasteiger partial charge in [-0.2, -0.15) is 0 Å². The van der Waals surface area contributed by atoms with Crippen LogP contribution < -0.4 is 4.80 Å². The largest absolute Gasteiger partial charge is 0.858 e. The minimum Gasteiger partial charge on any atom is -0.858 e. The summed E-state index contributed by atoms with van der Waals surface area (Å²) < 4.78 is 0. The Kier molecular flexibility index (Phi) is 13.9. The summed E-state index contributed by atoms with van der Waals surface area (Å²) in [4.78, 5) is 11.3. The molecule has 0 radical (unpaired) electrons. The van der Waals surface area contributed by atoms with Crippen molar-refractivity contribution in [1.82, 2.24) is 0 Å². The Morgan fingerprint density at radius 1 is 0.824 bits per heavy atom. The van der Waals surface area contributed by atoms with Crippen molar-refractivity contribution < 1.29 is 4.80 Å². The average Bonchev–Trinajstić information content (AvgIpc) is 2.28. The van der Waals surface area contributed by atoms with Crippen LogP contribution in [0.2, 0.25) is 28.7 Å². The SMILES string of the molecule is CC(C)[CH2][Al+][CH2]C(C)C.CC[Si]([O-])(CC)CC. The van der Waals surface area contributed by atoms with Crippen molar-refractivity contribution in [3.05, 3.63) is 0 Å². The Bertz CT molecular complexity index is 140. The molecule has 0 amide bonds. The molecule has 0 saturated carbocycles. The first-order valence-corrected chi connectivity index (χ1v) is 11.5. The predicted molar refractivity (Wildman–Crippen MR) is 82.2 cm³/mol. The average molecular weight is 272 g/mol. The van der Waals surface area contributed by atoms with E-state index in [0.29, 0.717) is 0 Å². The Morgan fingerprint density at radius 2 is 1.12 bits per heavy atom. The molecule has 0 unspecified atom stereocenters. The van der Waals surface area contributed by atoms with Gasteiger partial charge < -0.3 is 4.80 Å². The molecule has 0 aliphatic heterocycles. The zero-order chi connectivity index (χ0) is 13.9. The molecule has 0 N–H and O–H groups in total. The van der Waals surface area contributed by atoms with Gasteiger partial charge in [0, 0.05) is 0 Å². The van der Waals surface area contributed by atoms with Gasteiger partial charge in [-0.05, 0) is 8.32 Å². The van der Waals surface area contributed by atoms with E-state index in [-0.39, 0.29) is 0 Å². The van der Waals surface area contributed by atoms with Crippen molar-refractivity contribution in [2.45, 2.75) is 77.2 Å². The van der Waals surface area contributed by atoms with Gasteiger partial charge in [0.1, 0.15) is 0 Å². The Morgan fingerprint density at radius 3 is 1.24 bits per heavy atom. The predicted octanol–water partition coefficient (Wildman–Crippen LogP) is 4.19. The van der Waals surface area contributed by atoms with Crippen LogP contribution in [0.3, 0.4) is 0 Å². The van der Waals surface area contributed by atoms with E-state index >= 15 is 0 Å². The topological polar surface area (TPSA) is 23.1 Å². The van der Waals surface area contributed by atoms with Crippen LogP contribution in [-0.4, -0.2) is 23.5 Å². The molecule has 0 heterocycles. The number of hydrogen-bond acceptors (Lipinski definition) is 1. The molecule has 0 aromatic rings. The van der Waals surface area contributed by atoms with Gasteiger partial charge in [0.05, 0.1) is 0 Å². The van der Waals surface area contributed by atoms with Gasteiger partial charge in [-0.15, -0.1) is 0 Å². The zero-order valence-electron chi connectivity index (χ0n) is 13.2. The van der Waals surface area contributed by atoms with Crippen molar-refractivity contribution in [3.63, 3.8) is 0 Å². The van der Waals surface area contributed by atoms with Crippen LogP contribution in [-0.2, 0) is 0 Å². The van der Waals surface area contributed by atoms with E-state index in [0.717, 1.165) is 45.2 Å². The molecule has 17 heavy (non-hydrogen) atoms. The number of rotatable bonds is 7. The fraction of sp³-hybridized carbons (Fsp3) is 1.00. The molecule has 0 saturated heterocycles. The van der Waals surface area contributed by atoms with E-state index in [4.69, 9.17) is 0 Å². The van der Waals surface area contributed by atoms with E-state index < -0.39 is 8.32 Å². The van der Waals surface area contributed by atoms with Crippen molar-refractivity contribution in [3.8, 4) is 0 Å². The normalized spacial score (nSPS) is 11.2. The van der Waals surface area contributed by atoms with Crippen molar-refractivity contribution >= 4 is 23.5 Å². The van der Waals surface area contributed by atoms with Crippen molar-refractivity contribution in [2.24, 2.45) is 11.8 Å². The Balaban J connectivity index is 0. The second-order valence-corrected chi connectivity index (χ2v) is 11.8. The Labute approximate surface area is 117 Å². The maximum Gasteiger partial charge on any atom is -0.0472 e. The van der Waals surface area contributed by atoms with Gasteiger partial charge in [0.25, 0.3) is 0 Å². The minimum absolute atomic E-state index is 0.755. The molecule has 3 heteroatoms. The molecular weight excluding hydrogens is 239 g/mol. The monoisotopic (exact) mass is 272 g/mol. The number of hydrogen-bond donors (Lipinski definition) is 0. The van der Waals surface area contributed by atoms with Crippen LogP contribution in [0.4, 0.5) is 0 Å². The van der Waals surface area contributed by atoms with Crippen LogP contribution in [0.25, 0.3) is 0 Å². The molecule has 0 aromatic carbocycles. The molecule has 0 bridgehead atoms. The molecule has 0 rings (SSSR count). The van der Waals surface area contributed by atoms with Crippen LogP contribution in [0.15, 0.2) is 0 Å². The van der Waals surface area contributed by atoms with Gasteiger partial charge in [-0.3, -0.25) is 0 Å². The fourth-order valence-electron chi connectivity index (χ4n) is 1.51. The van der Waals surface area contributed by atoms with Crippen LogP contribution >= 0.6 is 0 Å². The smallest absolute Gasteiger partial charge is 0.0472 e. The van der Waals surface area contributed by atoms with Crippen LogP contribution in [0, 0.1) is 11.8 Å². The van der Waals surface area contributed by atoms with E-state index in [2.05, 4.69) is 27.7 Å². The molecular formula is C14H33AlOSi. The zero-order valence-corrected chi connectivity index (χ0v) is 15.3. The molecule has 0 atom stereocenters. The first-order chi connectivity index (χ1) is 7.81. The van der Waals surface area contributed by atoms with E-state index in [1.807, 2.05) is 20.8 Å². The minimum atomic E-state index is -1.92. The summed E-state index contributed by atoms with van der Waals surface area (Å²) in [5.74, 6) is 1.86. The molecule has 0 aliphatic carbocycles. The third kappa shape index (κ3) is 14.6.